The molecule has 6 nitrogen and oxygen atoms in total. The van der Waals surface area contributed by atoms with Gasteiger partial charge in [0.05, 0.1) is 14.2 Å². The molecule has 0 bridgehead atoms. The van der Waals surface area contributed by atoms with Crippen LogP contribution in [0.4, 0.5) is 0 Å². The Labute approximate surface area is 146 Å². The number of carbonyl (C=O) groups is 1. The summed E-state index contributed by atoms with van der Waals surface area (Å²) in [4.78, 5) is 18.4. The number of amides is 1. The monoisotopic (exact) mass is 350 g/mol. The summed E-state index contributed by atoms with van der Waals surface area (Å²) in [6.45, 7) is 5.47. The number of ether oxygens (including phenoxy) is 3. The van der Waals surface area contributed by atoms with E-state index in [1.165, 1.54) is 11.3 Å². The average molecular weight is 350 g/mol. The van der Waals surface area contributed by atoms with Crippen LogP contribution < -0.4 is 14.2 Å². The van der Waals surface area contributed by atoms with Crippen LogP contribution in [0.3, 0.4) is 0 Å². The van der Waals surface area contributed by atoms with Gasteiger partial charge in [0.2, 0.25) is 5.75 Å². The van der Waals surface area contributed by atoms with Crippen LogP contribution >= 0.6 is 11.3 Å². The first-order chi connectivity index (χ1) is 11.6. The van der Waals surface area contributed by atoms with Crippen molar-refractivity contribution < 1.29 is 19.0 Å². The quantitative estimate of drug-likeness (QED) is 0.731. The number of benzene rings is 1. The summed E-state index contributed by atoms with van der Waals surface area (Å²) in [7, 11) is 3.15. The lowest BCUT2D eigenvalue weighted by Gasteiger charge is -2.16. The molecule has 0 aliphatic heterocycles. The first-order valence-corrected chi connectivity index (χ1v) is 8.59. The van der Waals surface area contributed by atoms with Crippen molar-refractivity contribution in [2.45, 2.75) is 20.5 Å². The second-order valence-corrected chi connectivity index (χ2v) is 5.83. The van der Waals surface area contributed by atoms with Crippen molar-refractivity contribution in [3.63, 3.8) is 0 Å². The lowest BCUT2D eigenvalue weighted by atomic mass is 10.3. The standard InChI is InChI=1S/C17H22N2O4S/c1-5-19(6-2)17(20)12-11-24-15(18-12)10-23-16-13(21-3)8-7-9-14(16)22-4/h7-9,11H,5-6,10H2,1-4H3. The molecule has 0 aliphatic carbocycles. The van der Waals surface area contributed by atoms with Gasteiger partial charge in [-0.25, -0.2) is 4.98 Å². The van der Waals surface area contributed by atoms with Crippen molar-refractivity contribution in [1.29, 1.82) is 0 Å². The van der Waals surface area contributed by atoms with Gasteiger partial charge in [-0.3, -0.25) is 4.79 Å². The molecule has 7 heteroatoms. The van der Waals surface area contributed by atoms with Gasteiger partial charge in [-0.1, -0.05) is 6.07 Å². The van der Waals surface area contributed by atoms with Crippen LogP contribution in [0.5, 0.6) is 17.2 Å². The van der Waals surface area contributed by atoms with E-state index in [-0.39, 0.29) is 12.5 Å². The molecule has 0 atom stereocenters. The first-order valence-electron chi connectivity index (χ1n) is 7.72. The number of nitrogens with zero attached hydrogens (tertiary/aromatic N) is 2. The molecule has 2 aromatic rings. The highest BCUT2D eigenvalue weighted by molar-refractivity contribution is 7.09. The minimum atomic E-state index is -0.0580. The molecule has 2 rings (SSSR count). The molecule has 0 unspecified atom stereocenters. The predicted molar refractivity (Wildman–Crippen MR) is 93.2 cm³/mol. The highest BCUT2D eigenvalue weighted by Gasteiger charge is 2.17. The van der Waals surface area contributed by atoms with E-state index in [0.29, 0.717) is 36.0 Å². The Hall–Kier alpha value is -2.28. The SMILES string of the molecule is CCN(CC)C(=O)c1csc(COc2c(OC)cccc2OC)n1. The molecule has 1 aromatic carbocycles. The average Bonchev–Trinajstić information content (AvgIpc) is 3.09. The second kappa shape index (κ2) is 8.54. The summed E-state index contributed by atoms with van der Waals surface area (Å²) in [5, 5.41) is 2.48. The maximum Gasteiger partial charge on any atom is 0.273 e. The fourth-order valence-corrected chi connectivity index (χ4v) is 2.92. The third-order valence-electron chi connectivity index (χ3n) is 3.54. The van der Waals surface area contributed by atoms with E-state index in [1.54, 1.807) is 36.6 Å². The van der Waals surface area contributed by atoms with Gasteiger partial charge in [-0.15, -0.1) is 11.3 Å². The van der Waals surface area contributed by atoms with Crippen LogP contribution in [0.15, 0.2) is 23.6 Å². The van der Waals surface area contributed by atoms with E-state index in [0.717, 1.165) is 5.01 Å². The van der Waals surface area contributed by atoms with E-state index in [2.05, 4.69) is 4.98 Å². The molecular formula is C17H22N2O4S. The summed E-state index contributed by atoms with van der Waals surface area (Å²) in [5.41, 5.74) is 0.453. The molecule has 0 aliphatic rings. The van der Waals surface area contributed by atoms with Crippen LogP contribution in [0.2, 0.25) is 0 Å². The Balaban J connectivity index is 2.10. The maximum atomic E-state index is 12.3. The van der Waals surface area contributed by atoms with Crippen molar-refractivity contribution in [3.8, 4) is 17.2 Å². The topological polar surface area (TPSA) is 60.9 Å². The van der Waals surface area contributed by atoms with Crippen molar-refractivity contribution in [3.05, 3.63) is 34.3 Å². The van der Waals surface area contributed by atoms with E-state index < -0.39 is 0 Å². The van der Waals surface area contributed by atoms with E-state index in [4.69, 9.17) is 14.2 Å². The smallest absolute Gasteiger partial charge is 0.273 e. The maximum absolute atomic E-state index is 12.3. The zero-order valence-corrected chi connectivity index (χ0v) is 15.2. The third kappa shape index (κ3) is 3.97. The van der Waals surface area contributed by atoms with Crippen LogP contribution in [-0.2, 0) is 6.61 Å². The molecule has 0 radical (unpaired) electrons. The minimum absolute atomic E-state index is 0.0580. The molecule has 130 valence electrons. The molecular weight excluding hydrogens is 328 g/mol. The molecule has 0 spiro atoms. The zero-order valence-electron chi connectivity index (χ0n) is 14.4. The molecule has 24 heavy (non-hydrogen) atoms. The second-order valence-electron chi connectivity index (χ2n) is 4.88. The highest BCUT2D eigenvalue weighted by Crippen LogP contribution is 2.37. The first kappa shape index (κ1) is 18.1. The number of methoxy groups -OCH3 is 2. The molecule has 1 heterocycles. The van der Waals surface area contributed by atoms with Gasteiger partial charge >= 0.3 is 0 Å². The summed E-state index contributed by atoms with van der Waals surface area (Å²) in [6, 6.07) is 5.43. The number of carbonyl (C=O) groups excluding carboxylic acids is 1. The number of rotatable bonds is 8. The summed E-state index contributed by atoms with van der Waals surface area (Å²) >= 11 is 1.40. The van der Waals surface area contributed by atoms with E-state index in [1.807, 2.05) is 19.9 Å². The van der Waals surface area contributed by atoms with Gasteiger partial charge in [-0.05, 0) is 26.0 Å². The summed E-state index contributed by atoms with van der Waals surface area (Å²) in [5.74, 6) is 1.64. The fourth-order valence-electron chi connectivity index (χ4n) is 2.24. The molecule has 0 fully saturated rings. The van der Waals surface area contributed by atoms with Crippen molar-refractivity contribution in [2.75, 3.05) is 27.3 Å². The van der Waals surface area contributed by atoms with Gasteiger partial charge in [0.25, 0.3) is 5.91 Å². The van der Waals surface area contributed by atoms with E-state index in [9.17, 15) is 4.79 Å². The van der Waals surface area contributed by atoms with Crippen molar-refractivity contribution in [1.82, 2.24) is 9.88 Å². The fraction of sp³-hybridized carbons (Fsp3) is 0.412. The molecule has 1 aromatic heterocycles. The Morgan fingerprint density at radius 3 is 2.33 bits per heavy atom. The molecule has 0 saturated carbocycles. The molecule has 1 amide bonds. The highest BCUT2D eigenvalue weighted by atomic mass is 32.1. The number of aromatic nitrogens is 1. The summed E-state index contributed by atoms with van der Waals surface area (Å²) < 4.78 is 16.4. The number of hydrogen-bond acceptors (Lipinski definition) is 6. The van der Waals surface area contributed by atoms with Gasteiger partial charge < -0.3 is 19.1 Å². The summed E-state index contributed by atoms with van der Waals surface area (Å²) in [6.07, 6.45) is 0. The van der Waals surface area contributed by atoms with Crippen LogP contribution in [-0.4, -0.2) is 43.1 Å². The Morgan fingerprint density at radius 1 is 1.17 bits per heavy atom. The number of thiazole rings is 1. The molecule has 0 saturated heterocycles. The van der Waals surface area contributed by atoms with Crippen LogP contribution in [0, 0.1) is 0 Å². The zero-order chi connectivity index (χ0) is 17.5. The number of para-hydroxylation sites is 1. The van der Waals surface area contributed by atoms with Gasteiger partial charge in [0.1, 0.15) is 17.3 Å². The van der Waals surface area contributed by atoms with Gasteiger partial charge in [0.15, 0.2) is 11.5 Å². The molecule has 0 N–H and O–H groups in total. The Bertz CT molecular complexity index is 661. The minimum Gasteiger partial charge on any atom is -0.493 e. The van der Waals surface area contributed by atoms with Crippen molar-refractivity contribution >= 4 is 17.2 Å². The Kier molecular flexibility index (Phi) is 6.43. The Morgan fingerprint density at radius 2 is 1.79 bits per heavy atom. The predicted octanol–water partition coefficient (Wildman–Crippen LogP) is 3.22. The lowest BCUT2D eigenvalue weighted by molar-refractivity contribution is 0.0767. The largest absolute Gasteiger partial charge is 0.493 e. The van der Waals surface area contributed by atoms with Crippen LogP contribution in [0.25, 0.3) is 0 Å². The van der Waals surface area contributed by atoms with Crippen molar-refractivity contribution in [2.24, 2.45) is 0 Å². The van der Waals surface area contributed by atoms with Crippen LogP contribution in [0.1, 0.15) is 29.3 Å². The lowest BCUT2D eigenvalue weighted by Crippen LogP contribution is -2.30. The normalized spacial score (nSPS) is 10.3. The van der Waals surface area contributed by atoms with Gasteiger partial charge in [0, 0.05) is 18.5 Å². The number of hydrogen-bond donors (Lipinski definition) is 0. The van der Waals surface area contributed by atoms with E-state index >= 15 is 0 Å². The van der Waals surface area contributed by atoms with Gasteiger partial charge in [-0.2, -0.15) is 0 Å². The third-order valence-corrected chi connectivity index (χ3v) is 4.37.